The van der Waals surface area contributed by atoms with Crippen LogP contribution in [0.3, 0.4) is 0 Å². The van der Waals surface area contributed by atoms with Gasteiger partial charge in [-0.15, -0.1) is 0 Å². The van der Waals surface area contributed by atoms with Crippen molar-refractivity contribution in [1.82, 2.24) is 0 Å². The number of esters is 1. The third-order valence-corrected chi connectivity index (χ3v) is 3.01. The summed E-state index contributed by atoms with van der Waals surface area (Å²) in [5, 5.41) is 21.0. The molecule has 0 unspecified atom stereocenters. The predicted molar refractivity (Wildman–Crippen MR) is 72.7 cm³/mol. The van der Waals surface area contributed by atoms with Gasteiger partial charge in [0.05, 0.1) is 5.57 Å². The molecule has 0 bridgehead atoms. The van der Waals surface area contributed by atoms with E-state index in [2.05, 4.69) is 11.9 Å². The van der Waals surface area contributed by atoms with Crippen LogP contribution in [0.15, 0.2) is 47.7 Å². The molecule has 3 N–H and O–H groups in total. The maximum Gasteiger partial charge on any atom is 0.488 e. The molecule has 2 rings (SSSR count). The zero-order valence-electron chi connectivity index (χ0n) is 10.5. The molecule has 0 atom stereocenters. The number of allylic oxidation sites excluding steroid dienone is 1. The largest absolute Gasteiger partial charge is 0.488 e. The Bertz CT molecular complexity index is 548. The van der Waals surface area contributed by atoms with Crippen molar-refractivity contribution in [3.8, 4) is 0 Å². The minimum Gasteiger partial charge on any atom is -0.423 e. The van der Waals surface area contributed by atoms with Crippen LogP contribution in [0.5, 0.6) is 0 Å². The second kappa shape index (κ2) is 5.30. The average molecular weight is 259 g/mol. The Morgan fingerprint density at radius 1 is 1.32 bits per heavy atom. The number of hydrogen-bond acceptors (Lipinski definition) is 5. The number of hydrogen-bond donors (Lipinski definition) is 3. The van der Waals surface area contributed by atoms with E-state index in [0.29, 0.717) is 23.3 Å². The van der Waals surface area contributed by atoms with Crippen LogP contribution in [-0.4, -0.2) is 29.7 Å². The van der Waals surface area contributed by atoms with Gasteiger partial charge in [-0.05, 0) is 24.5 Å². The molecular weight excluding hydrogens is 245 g/mol. The molecule has 0 saturated carbocycles. The molecule has 1 aromatic carbocycles. The standard InChI is InChI=1S/C13H14BNO4/c1-8-9(2)19-13(16)12(8)7-15-11-5-3-10(4-6-11)14(17)18/h3-6,15,17-18H,2,7H2,1H3. The fourth-order valence-corrected chi connectivity index (χ4v) is 1.74. The highest BCUT2D eigenvalue weighted by atomic mass is 16.5. The normalized spacial score (nSPS) is 14.7. The lowest BCUT2D eigenvalue weighted by Gasteiger charge is -2.07. The highest BCUT2D eigenvalue weighted by molar-refractivity contribution is 6.58. The fraction of sp³-hybridized carbons (Fsp3) is 0.154. The summed E-state index contributed by atoms with van der Waals surface area (Å²) in [6.45, 7) is 5.76. The molecule has 0 saturated heterocycles. The summed E-state index contributed by atoms with van der Waals surface area (Å²) in [7, 11) is -1.48. The van der Waals surface area contributed by atoms with Crippen LogP contribution in [0.25, 0.3) is 0 Å². The second-order valence-corrected chi connectivity index (χ2v) is 4.27. The minimum atomic E-state index is -1.48. The zero-order valence-corrected chi connectivity index (χ0v) is 10.5. The van der Waals surface area contributed by atoms with Crippen LogP contribution in [0.1, 0.15) is 6.92 Å². The number of nitrogens with one attached hydrogen (secondary N) is 1. The van der Waals surface area contributed by atoms with Crippen LogP contribution in [0.4, 0.5) is 5.69 Å². The molecule has 0 spiro atoms. The van der Waals surface area contributed by atoms with E-state index < -0.39 is 7.12 Å². The predicted octanol–water partition coefficient (Wildman–Crippen LogP) is 0.165. The number of rotatable bonds is 4. The second-order valence-electron chi connectivity index (χ2n) is 4.27. The van der Waals surface area contributed by atoms with E-state index in [1.165, 1.54) is 0 Å². The highest BCUT2D eigenvalue weighted by Crippen LogP contribution is 2.24. The van der Waals surface area contributed by atoms with Gasteiger partial charge in [0.1, 0.15) is 5.76 Å². The van der Waals surface area contributed by atoms with Crippen molar-refractivity contribution >= 4 is 24.2 Å². The van der Waals surface area contributed by atoms with Gasteiger partial charge in [-0.2, -0.15) is 0 Å². The van der Waals surface area contributed by atoms with Crippen molar-refractivity contribution in [2.45, 2.75) is 6.92 Å². The Hall–Kier alpha value is -2.05. The van der Waals surface area contributed by atoms with Gasteiger partial charge in [0.25, 0.3) is 0 Å². The van der Waals surface area contributed by atoms with Gasteiger partial charge in [0, 0.05) is 17.8 Å². The summed E-state index contributed by atoms with van der Waals surface area (Å²) in [5.74, 6) is 0.0120. The van der Waals surface area contributed by atoms with E-state index in [-0.39, 0.29) is 5.97 Å². The van der Waals surface area contributed by atoms with E-state index in [0.717, 1.165) is 11.3 Å². The smallest absolute Gasteiger partial charge is 0.423 e. The van der Waals surface area contributed by atoms with Gasteiger partial charge in [-0.1, -0.05) is 18.7 Å². The zero-order chi connectivity index (χ0) is 14.0. The summed E-state index contributed by atoms with van der Waals surface area (Å²) < 4.78 is 4.91. The van der Waals surface area contributed by atoms with Crippen LogP contribution < -0.4 is 10.8 Å². The molecule has 0 aliphatic carbocycles. The van der Waals surface area contributed by atoms with Crippen LogP contribution in [-0.2, 0) is 9.53 Å². The summed E-state index contributed by atoms with van der Waals surface area (Å²) in [5.41, 5.74) is 2.49. The molecule has 19 heavy (non-hydrogen) atoms. The molecule has 6 heteroatoms. The van der Waals surface area contributed by atoms with Crippen molar-refractivity contribution in [3.63, 3.8) is 0 Å². The van der Waals surface area contributed by atoms with Gasteiger partial charge >= 0.3 is 13.1 Å². The molecule has 1 aliphatic heterocycles. The van der Waals surface area contributed by atoms with Crippen LogP contribution >= 0.6 is 0 Å². The number of carbonyl (C=O) groups excluding carboxylic acids is 1. The quantitative estimate of drug-likeness (QED) is 0.530. The van der Waals surface area contributed by atoms with Crippen molar-refractivity contribution in [2.75, 3.05) is 11.9 Å². The Balaban J connectivity index is 2.03. The van der Waals surface area contributed by atoms with Gasteiger partial charge in [0.15, 0.2) is 0 Å². The molecule has 98 valence electrons. The summed E-state index contributed by atoms with van der Waals surface area (Å²) >= 11 is 0. The summed E-state index contributed by atoms with van der Waals surface area (Å²) in [4.78, 5) is 11.5. The lowest BCUT2D eigenvalue weighted by atomic mass is 9.80. The third-order valence-electron chi connectivity index (χ3n) is 3.01. The van der Waals surface area contributed by atoms with Gasteiger partial charge in [-0.25, -0.2) is 4.79 Å². The third kappa shape index (κ3) is 2.86. The van der Waals surface area contributed by atoms with Crippen LogP contribution in [0.2, 0.25) is 0 Å². The first-order chi connectivity index (χ1) is 8.99. The average Bonchev–Trinajstić information content (AvgIpc) is 2.62. The van der Waals surface area contributed by atoms with E-state index in [1.807, 2.05) is 0 Å². The number of benzene rings is 1. The lowest BCUT2D eigenvalue weighted by molar-refractivity contribution is -0.133. The summed E-state index contributed by atoms with van der Waals surface area (Å²) in [6.07, 6.45) is 0. The van der Waals surface area contributed by atoms with Crippen LogP contribution in [0, 0.1) is 0 Å². The molecule has 1 aliphatic rings. The first-order valence-electron chi connectivity index (χ1n) is 5.80. The number of carbonyl (C=O) groups is 1. The van der Waals surface area contributed by atoms with Crippen molar-refractivity contribution < 1.29 is 19.6 Å². The fourth-order valence-electron chi connectivity index (χ4n) is 1.74. The minimum absolute atomic E-state index is 0.338. The number of cyclic esters (lactones) is 1. The Morgan fingerprint density at radius 2 is 1.95 bits per heavy atom. The molecule has 0 fully saturated rings. The first kappa shape index (κ1) is 13.4. The van der Waals surface area contributed by atoms with Crippen molar-refractivity contribution in [1.29, 1.82) is 0 Å². The van der Waals surface area contributed by atoms with E-state index in [1.54, 1.807) is 31.2 Å². The maximum atomic E-state index is 11.5. The van der Waals surface area contributed by atoms with Gasteiger partial charge in [-0.3, -0.25) is 0 Å². The Morgan fingerprint density at radius 3 is 2.42 bits per heavy atom. The lowest BCUT2D eigenvalue weighted by Crippen LogP contribution is -2.29. The number of ether oxygens (including phenoxy) is 1. The Kier molecular flexibility index (Phi) is 3.73. The van der Waals surface area contributed by atoms with Crippen molar-refractivity contribution in [2.24, 2.45) is 0 Å². The molecule has 1 heterocycles. The molecule has 0 amide bonds. The van der Waals surface area contributed by atoms with Crippen molar-refractivity contribution in [3.05, 3.63) is 47.7 Å². The van der Waals surface area contributed by atoms with E-state index in [4.69, 9.17) is 14.8 Å². The molecule has 0 aromatic heterocycles. The number of anilines is 1. The SMILES string of the molecule is C=C1OC(=O)C(CNc2ccc(B(O)O)cc2)=C1C. The van der Waals surface area contributed by atoms with Gasteiger partial charge < -0.3 is 20.1 Å². The monoisotopic (exact) mass is 259 g/mol. The summed E-state index contributed by atoms with van der Waals surface area (Å²) in [6, 6.07) is 6.61. The van der Waals surface area contributed by atoms with E-state index >= 15 is 0 Å². The highest BCUT2D eigenvalue weighted by Gasteiger charge is 2.25. The molecule has 0 radical (unpaired) electrons. The topological polar surface area (TPSA) is 78.8 Å². The molecular formula is C13H14BNO4. The van der Waals surface area contributed by atoms with Gasteiger partial charge in [0.2, 0.25) is 0 Å². The molecule has 5 nitrogen and oxygen atoms in total. The Labute approximate surface area is 111 Å². The van der Waals surface area contributed by atoms with E-state index in [9.17, 15) is 4.79 Å². The maximum absolute atomic E-state index is 11.5. The molecule has 1 aromatic rings. The first-order valence-corrected chi connectivity index (χ1v) is 5.80.